The summed E-state index contributed by atoms with van der Waals surface area (Å²) in [4.78, 5) is 14.0. The molecule has 19 heavy (non-hydrogen) atoms. The quantitative estimate of drug-likeness (QED) is 0.846. The van der Waals surface area contributed by atoms with E-state index in [4.69, 9.17) is 4.74 Å². The molecule has 0 saturated carbocycles. The fraction of sp³-hybridized carbons (Fsp3) is 0.533. The number of likely N-dealkylation sites (N-methyl/N-ethyl adjacent to an activating group) is 1. The van der Waals surface area contributed by atoms with Crippen LogP contribution in [0.4, 0.5) is 5.69 Å². The minimum atomic E-state index is -0.262. The third-order valence-electron chi connectivity index (χ3n) is 3.23. The van der Waals surface area contributed by atoms with E-state index < -0.39 is 0 Å². The number of benzene rings is 1. The summed E-state index contributed by atoms with van der Waals surface area (Å²) in [6.07, 6.45) is 1.08. The first-order chi connectivity index (χ1) is 9.04. The van der Waals surface area contributed by atoms with Crippen LogP contribution in [0.5, 0.6) is 0 Å². The van der Waals surface area contributed by atoms with E-state index in [1.807, 2.05) is 38.1 Å². The van der Waals surface area contributed by atoms with Crippen molar-refractivity contribution in [3.63, 3.8) is 0 Å². The Kier molecular flexibility index (Phi) is 4.43. The van der Waals surface area contributed by atoms with Gasteiger partial charge in [0.25, 0.3) is 0 Å². The SMILES string of the molecule is CC(C)OC(=O)c1ccc(NC2CCN(C)C2)cc1. The Hall–Kier alpha value is -1.55. The number of hydrogen-bond acceptors (Lipinski definition) is 4. The van der Waals surface area contributed by atoms with Gasteiger partial charge in [0.2, 0.25) is 0 Å². The first-order valence-corrected chi connectivity index (χ1v) is 6.80. The Morgan fingerprint density at radius 3 is 2.58 bits per heavy atom. The van der Waals surface area contributed by atoms with E-state index in [2.05, 4.69) is 17.3 Å². The predicted molar refractivity (Wildman–Crippen MR) is 76.5 cm³/mol. The lowest BCUT2D eigenvalue weighted by Crippen LogP contribution is -2.23. The highest BCUT2D eigenvalue weighted by molar-refractivity contribution is 5.89. The van der Waals surface area contributed by atoms with Crippen LogP contribution in [0.2, 0.25) is 0 Å². The lowest BCUT2D eigenvalue weighted by atomic mass is 10.2. The molecule has 1 N–H and O–H groups in total. The zero-order valence-corrected chi connectivity index (χ0v) is 11.8. The summed E-state index contributed by atoms with van der Waals surface area (Å²) < 4.78 is 5.16. The highest BCUT2D eigenvalue weighted by atomic mass is 16.5. The molecule has 0 aromatic heterocycles. The van der Waals surface area contributed by atoms with Crippen LogP contribution < -0.4 is 5.32 Å². The topological polar surface area (TPSA) is 41.6 Å². The number of anilines is 1. The Labute approximate surface area is 114 Å². The van der Waals surface area contributed by atoms with Crippen molar-refractivity contribution in [2.75, 3.05) is 25.5 Å². The second-order valence-electron chi connectivity index (χ2n) is 5.42. The second-order valence-corrected chi connectivity index (χ2v) is 5.42. The third-order valence-corrected chi connectivity index (χ3v) is 3.23. The molecule has 1 atom stereocenters. The van der Waals surface area contributed by atoms with Gasteiger partial charge in [-0.2, -0.15) is 0 Å². The van der Waals surface area contributed by atoms with Crippen LogP contribution in [0, 0.1) is 0 Å². The summed E-state index contributed by atoms with van der Waals surface area (Å²) in [5.41, 5.74) is 1.66. The standard InChI is InChI=1S/C15H22N2O2/c1-11(2)19-15(18)12-4-6-13(7-5-12)16-14-8-9-17(3)10-14/h4-7,11,14,16H,8-10H2,1-3H3. The molecule has 1 aliphatic rings. The molecule has 1 fully saturated rings. The van der Waals surface area contributed by atoms with Crippen LogP contribution in [0.15, 0.2) is 24.3 Å². The minimum Gasteiger partial charge on any atom is -0.459 e. The molecule has 1 aliphatic heterocycles. The van der Waals surface area contributed by atoms with Crippen LogP contribution in [0.1, 0.15) is 30.6 Å². The molecule has 1 saturated heterocycles. The zero-order valence-electron chi connectivity index (χ0n) is 11.8. The number of hydrogen-bond donors (Lipinski definition) is 1. The molecule has 1 aromatic carbocycles. The Morgan fingerprint density at radius 2 is 2.05 bits per heavy atom. The number of carbonyl (C=O) groups excluding carboxylic acids is 1. The van der Waals surface area contributed by atoms with E-state index in [1.165, 1.54) is 0 Å². The molecule has 0 amide bonds. The summed E-state index contributed by atoms with van der Waals surface area (Å²) in [6.45, 7) is 5.91. The summed E-state index contributed by atoms with van der Waals surface area (Å²) >= 11 is 0. The largest absolute Gasteiger partial charge is 0.459 e. The van der Waals surface area contributed by atoms with Gasteiger partial charge in [-0.3, -0.25) is 0 Å². The van der Waals surface area contributed by atoms with Crippen LogP contribution in [0.25, 0.3) is 0 Å². The summed E-state index contributed by atoms with van der Waals surface area (Å²) in [5.74, 6) is -0.262. The van der Waals surface area contributed by atoms with E-state index in [-0.39, 0.29) is 12.1 Å². The van der Waals surface area contributed by atoms with Gasteiger partial charge in [-0.05, 0) is 58.1 Å². The average Bonchev–Trinajstić information content (AvgIpc) is 2.75. The van der Waals surface area contributed by atoms with E-state index in [0.29, 0.717) is 11.6 Å². The Bertz CT molecular complexity index is 428. The van der Waals surface area contributed by atoms with Crippen molar-refractivity contribution >= 4 is 11.7 Å². The molecular formula is C15H22N2O2. The van der Waals surface area contributed by atoms with Gasteiger partial charge in [0, 0.05) is 18.3 Å². The number of nitrogens with one attached hydrogen (secondary N) is 1. The Balaban J connectivity index is 1.93. The molecule has 2 rings (SSSR count). The van der Waals surface area contributed by atoms with Crippen molar-refractivity contribution in [2.45, 2.75) is 32.4 Å². The van der Waals surface area contributed by atoms with Crippen LogP contribution in [-0.4, -0.2) is 43.2 Å². The number of carbonyl (C=O) groups is 1. The number of esters is 1. The fourth-order valence-corrected chi connectivity index (χ4v) is 2.27. The second kappa shape index (κ2) is 6.06. The van der Waals surface area contributed by atoms with E-state index in [9.17, 15) is 4.79 Å². The van der Waals surface area contributed by atoms with Crippen molar-refractivity contribution in [3.8, 4) is 0 Å². The smallest absolute Gasteiger partial charge is 0.338 e. The van der Waals surface area contributed by atoms with E-state index >= 15 is 0 Å². The van der Waals surface area contributed by atoms with Crippen LogP contribution in [-0.2, 0) is 4.74 Å². The van der Waals surface area contributed by atoms with Gasteiger partial charge >= 0.3 is 5.97 Å². The van der Waals surface area contributed by atoms with Gasteiger partial charge in [0.1, 0.15) is 0 Å². The van der Waals surface area contributed by atoms with Gasteiger partial charge in [-0.25, -0.2) is 4.79 Å². The van der Waals surface area contributed by atoms with Gasteiger partial charge in [-0.15, -0.1) is 0 Å². The molecule has 1 heterocycles. The van der Waals surface area contributed by atoms with Crippen molar-refractivity contribution < 1.29 is 9.53 Å². The maximum Gasteiger partial charge on any atom is 0.338 e. The highest BCUT2D eigenvalue weighted by Crippen LogP contribution is 2.16. The van der Waals surface area contributed by atoms with E-state index in [1.54, 1.807) is 0 Å². The molecule has 1 unspecified atom stereocenters. The highest BCUT2D eigenvalue weighted by Gasteiger charge is 2.19. The number of rotatable bonds is 4. The molecule has 4 nitrogen and oxygen atoms in total. The molecule has 4 heteroatoms. The molecule has 0 aliphatic carbocycles. The van der Waals surface area contributed by atoms with Crippen molar-refractivity contribution in [3.05, 3.63) is 29.8 Å². The van der Waals surface area contributed by atoms with Gasteiger partial charge < -0.3 is 15.0 Å². The average molecular weight is 262 g/mol. The number of nitrogens with zero attached hydrogens (tertiary/aromatic N) is 1. The number of ether oxygens (including phenoxy) is 1. The minimum absolute atomic E-state index is 0.0840. The molecule has 0 bridgehead atoms. The number of likely N-dealkylation sites (tertiary alicyclic amines) is 1. The van der Waals surface area contributed by atoms with Gasteiger partial charge in [0.15, 0.2) is 0 Å². The molecule has 0 radical (unpaired) electrons. The summed E-state index contributed by atoms with van der Waals surface area (Å²) in [5, 5.41) is 3.48. The first-order valence-electron chi connectivity index (χ1n) is 6.80. The lowest BCUT2D eigenvalue weighted by molar-refractivity contribution is 0.0378. The monoisotopic (exact) mass is 262 g/mol. The fourth-order valence-electron chi connectivity index (χ4n) is 2.27. The van der Waals surface area contributed by atoms with Crippen LogP contribution >= 0.6 is 0 Å². The molecule has 104 valence electrons. The maximum atomic E-state index is 11.7. The Morgan fingerprint density at radius 1 is 1.37 bits per heavy atom. The normalized spacial score (nSPS) is 19.7. The van der Waals surface area contributed by atoms with Gasteiger partial charge in [-0.1, -0.05) is 0 Å². The first kappa shape index (κ1) is 13.9. The predicted octanol–water partition coefficient (Wildman–Crippen LogP) is 2.37. The van der Waals surface area contributed by atoms with Crippen molar-refractivity contribution in [1.82, 2.24) is 4.90 Å². The van der Waals surface area contributed by atoms with Crippen molar-refractivity contribution in [1.29, 1.82) is 0 Å². The maximum absolute atomic E-state index is 11.7. The molecular weight excluding hydrogens is 240 g/mol. The van der Waals surface area contributed by atoms with E-state index in [0.717, 1.165) is 25.2 Å². The van der Waals surface area contributed by atoms with Crippen molar-refractivity contribution in [2.24, 2.45) is 0 Å². The van der Waals surface area contributed by atoms with Gasteiger partial charge in [0.05, 0.1) is 11.7 Å². The lowest BCUT2D eigenvalue weighted by Gasteiger charge is -2.14. The van der Waals surface area contributed by atoms with Crippen LogP contribution in [0.3, 0.4) is 0 Å². The summed E-state index contributed by atoms with van der Waals surface area (Å²) in [7, 11) is 2.13. The molecule has 0 spiro atoms. The molecule has 1 aromatic rings. The zero-order chi connectivity index (χ0) is 13.8. The summed E-state index contributed by atoms with van der Waals surface area (Å²) in [6, 6.07) is 8.00. The third kappa shape index (κ3) is 3.96.